The number of imidazole rings is 1. The minimum Gasteiger partial charge on any atom is -0.319 e. The first-order chi connectivity index (χ1) is 9.74. The number of thioether (sulfide) groups is 1. The molecular formula is C14H11N3O2S. The first-order valence-electron chi connectivity index (χ1n) is 6.00. The number of rotatable bonds is 3. The molecule has 0 unspecified atom stereocenters. The number of nitrogens with zero attached hydrogens (tertiary/aromatic N) is 3. The molecule has 2 heterocycles. The zero-order valence-electron chi connectivity index (χ0n) is 10.5. The number of hydrogen-bond donors (Lipinski definition) is 0. The van der Waals surface area contributed by atoms with Crippen molar-refractivity contribution < 1.29 is 9.59 Å². The van der Waals surface area contributed by atoms with Crippen LogP contribution in [0.5, 0.6) is 0 Å². The van der Waals surface area contributed by atoms with Crippen molar-refractivity contribution in [2.45, 2.75) is 6.67 Å². The van der Waals surface area contributed by atoms with Crippen LogP contribution in [-0.4, -0.2) is 25.6 Å². The molecular weight excluding hydrogens is 274 g/mol. The standard InChI is InChI=1S/C14H11N3O2S/c18-13-12(8-11-4-2-1-3-5-11)20-14(19)17(13)10-16-7-6-15-9-16/h1-9H,10H2/b12-8-. The molecule has 100 valence electrons. The molecule has 0 atom stereocenters. The number of imide groups is 1. The Morgan fingerprint density at radius 1 is 1.20 bits per heavy atom. The number of aromatic nitrogens is 2. The summed E-state index contributed by atoms with van der Waals surface area (Å²) >= 11 is 0.963. The highest BCUT2D eigenvalue weighted by molar-refractivity contribution is 8.18. The maximum atomic E-state index is 12.2. The van der Waals surface area contributed by atoms with Gasteiger partial charge in [0.1, 0.15) is 6.67 Å². The van der Waals surface area contributed by atoms with Crippen molar-refractivity contribution in [2.75, 3.05) is 0 Å². The molecule has 0 radical (unpaired) electrons. The highest BCUT2D eigenvalue weighted by Crippen LogP contribution is 2.32. The highest BCUT2D eigenvalue weighted by atomic mass is 32.2. The van der Waals surface area contributed by atoms with Gasteiger partial charge in [0.2, 0.25) is 0 Å². The molecule has 0 bridgehead atoms. The molecule has 6 heteroatoms. The molecule has 2 aromatic rings. The molecule has 3 rings (SSSR count). The Hall–Kier alpha value is -2.34. The molecule has 1 aromatic heterocycles. The van der Waals surface area contributed by atoms with Gasteiger partial charge in [0, 0.05) is 12.4 Å². The zero-order valence-corrected chi connectivity index (χ0v) is 11.3. The molecule has 20 heavy (non-hydrogen) atoms. The summed E-state index contributed by atoms with van der Waals surface area (Å²) in [5.74, 6) is -0.266. The van der Waals surface area contributed by atoms with Crippen LogP contribution >= 0.6 is 11.8 Å². The quantitative estimate of drug-likeness (QED) is 0.813. The van der Waals surface area contributed by atoms with E-state index in [1.165, 1.54) is 4.90 Å². The maximum absolute atomic E-state index is 12.2. The van der Waals surface area contributed by atoms with Crippen LogP contribution in [0.2, 0.25) is 0 Å². The average molecular weight is 285 g/mol. The summed E-state index contributed by atoms with van der Waals surface area (Å²) in [6, 6.07) is 9.47. The second-order valence-electron chi connectivity index (χ2n) is 4.24. The highest BCUT2D eigenvalue weighted by Gasteiger charge is 2.34. The van der Waals surface area contributed by atoms with Gasteiger partial charge in [0.05, 0.1) is 11.2 Å². The Morgan fingerprint density at radius 3 is 2.70 bits per heavy atom. The fraction of sp³-hybridized carbons (Fsp3) is 0.0714. The molecule has 5 nitrogen and oxygen atoms in total. The average Bonchev–Trinajstić information content (AvgIpc) is 3.05. The predicted octanol–water partition coefficient (Wildman–Crippen LogP) is 2.58. The van der Waals surface area contributed by atoms with E-state index < -0.39 is 0 Å². The van der Waals surface area contributed by atoms with E-state index in [2.05, 4.69) is 4.98 Å². The molecule has 0 saturated carbocycles. The summed E-state index contributed by atoms with van der Waals surface area (Å²) in [6.07, 6.45) is 6.63. The van der Waals surface area contributed by atoms with Crippen molar-refractivity contribution in [3.05, 3.63) is 59.5 Å². The van der Waals surface area contributed by atoms with E-state index in [0.717, 1.165) is 17.3 Å². The number of carbonyl (C=O) groups is 2. The van der Waals surface area contributed by atoms with Crippen molar-refractivity contribution in [1.82, 2.24) is 14.5 Å². The second-order valence-corrected chi connectivity index (χ2v) is 5.23. The van der Waals surface area contributed by atoms with Crippen LogP contribution in [0.25, 0.3) is 6.08 Å². The molecule has 2 amide bonds. The summed E-state index contributed by atoms with van der Waals surface area (Å²) in [7, 11) is 0. The van der Waals surface area contributed by atoms with Crippen LogP contribution in [-0.2, 0) is 11.5 Å². The van der Waals surface area contributed by atoms with Crippen LogP contribution in [0.15, 0.2) is 54.0 Å². The third kappa shape index (κ3) is 2.50. The first kappa shape index (κ1) is 12.7. The van der Waals surface area contributed by atoms with E-state index >= 15 is 0 Å². The van der Waals surface area contributed by atoms with Crippen molar-refractivity contribution in [3.63, 3.8) is 0 Å². The Kier molecular flexibility index (Phi) is 3.39. The smallest absolute Gasteiger partial charge is 0.295 e. The molecule has 1 aliphatic heterocycles. The lowest BCUT2D eigenvalue weighted by molar-refractivity contribution is -0.123. The van der Waals surface area contributed by atoms with E-state index in [0.29, 0.717) is 4.91 Å². The van der Waals surface area contributed by atoms with E-state index in [4.69, 9.17) is 0 Å². The Morgan fingerprint density at radius 2 is 2.00 bits per heavy atom. The van der Waals surface area contributed by atoms with Gasteiger partial charge in [-0.1, -0.05) is 30.3 Å². The fourth-order valence-electron chi connectivity index (χ4n) is 1.86. The molecule has 1 aliphatic rings. The summed E-state index contributed by atoms with van der Waals surface area (Å²) < 4.78 is 1.68. The molecule has 1 aromatic carbocycles. The predicted molar refractivity (Wildman–Crippen MR) is 76.5 cm³/mol. The minimum atomic E-state index is -0.266. The number of benzene rings is 1. The van der Waals surface area contributed by atoms with Crippen LogP contribution in [0.4, 0.5) is 4.79 Å². The monoisotopic (exact) mass is 285 g/mol. The zero-order chi connectivity index (χ0) is 13.9. The topological polar surface area (TPSA) is 55.2 Å². The SMILES string of the molecule is O=C1S/C(=C\c2ccccc2)C(=O)N1Cn1ccnc1. The van der Waals surface area contributed by atoms with Crippen LogP contribution in [0.1, 0.15) is 5.56 Å². The lowest BCUT2D eigenvalue weighted by Gasteiger charge is -2.12. The molecule has 1 fully saturated rings. The van der Waals surface area contributed by atoms with Gasteiger partial charge < -0.3 is 4.57 Å². The summed E-state index contributed by atoms with van der Waals surface area (Å²) in [5.41, 5.74) is 0.903. The van der Waals surface area contributed by atoms with Gasteiger partial charge in [-0.2, -0.15) is 0 Å². The Balaban J connectivity index is 1.82. The van der Waals surface area contributed by atoms with Crippen molar-refractivity contribution in [2.24, 2.45) is 0 Å². The van der Waals surface area contributed by atoms with Crippen LogP contribution < -0.4 is 0 Å². The van der Waals surface area contributed by atoms with Gasteiger partial charge in [-0.05, 0) is 23.4 Å². The Bertz CT molecular complexity index is 665. The number of amides is 2. The lowest BCUT2D eigenvalue weighted by Crippen LogP contribution is -2.30. The van der Waals surface area contributed by atoms with E-state index in [1.54, 1.807) is 29.4 Å². The largest absolute Gasteiger partial charge is 0.319 e. The van der Waals surface area contributed by atoms with E-state index in [1.807, 2.05) is 30.3 Å². The van der Waals surface area contributed by atoms with Crippen molar-refractivity contribution in [1.29, 1.82) is 0 Å². The summed E-state index contributed by atoms with van der Waals surface area (Å²) in [5, 5.41) is -0.258. The van der Waals surface area contributed by atoms with Gasteiger partial charge in [-0.25, -0.2) is 9.88 Å². The third-order valence-corrected chi connectivity index (χ3v) is 3.74. The van der Waals surface area contributed by atoms with Crippen LogP contribution in [0.3, 0.4) is 0 Å². The van der Waals surface area contributed by atoms with Gasteiger partial charge in [-0.3, -0.25) is 9.59 Å². The molecule has 0 spiro atoms. The number of carbonyl (C=O) groups excluding carboxylic acids is 2. The van der Waals surface area contributed by atoms with Crippen molar-refractivity contribution in [3.8, 4) is 0 Å². The maximum Gasteiger partial charge on any atom is 0.295 e. The van der Waals surface area contributed by atoms with Gasteiger partial charge in [-0.15, -0.1) is 0 Å². The van der Waals surface area contributed by atoms with E-state index in [-0.39, 0.29) is 17.8 Å². The first-order valence-corrected chi connectivity index (χ1v) is 6.82. The summed E-state index contributed by atoms with van der Waals surface area (Å²) in [4.78, 5) is 29.7. The van der Waals surface area contributed by atoms with Gasteiger partial charge in [0.25, 0.3) is 11.1 Å². The normalized spacial score (nSPS) is 17.2. The summed E-state index contributed by atoms with van der Waals surface area (Å²) in [6.45, 7) is 0.191. The van der Waals surface area contributed by atoms with E-state index in [9.17, 15) is 9.59 Å². The lowest BCUT2D eigenvalue weighted by atomic mass is 10.2. The molecule has 1 saturated heterocycles. The fourth-order valence-corrected chi connectivity index (χ4v) is 2.69. The van der Waals surface area contributed by atoms with Crippen molar-refractivity contribution >= 4 is 29.0 Å². The number of hydrogen-bond acceptors (Lipinski definition) is 4. The third-order valence-electron chi connectivity index (χ3n) is 2.83. The van der Waals surface area contributed by atoms with Gasteiger partial charge >= 0.3 is 0 Å². The second kappa shape index (κ2) is 5.34. The Labute approximate surface area is 119 Å². The minimum absolute atomic E-state index is 0.191. The van der Waals surface area contributed by atoms with Gasteiger partial charge in [0.15, 0.2) is 0 Å². The molecule has 0 aliphatic carbocycles. The molecule has 0 N–H and O–H groups in total. The van der Waals surface area contributed by atoms with Crippen LogP contribution in [0, 0.1) is 0 Å².